The van der Waals surface area contributed by atoms with E-state index in [1.54, 1.807) is 25.1 Å². The maximum Gasteiger partial charge on any atom is 0.196 e. The van der Waals surface area contributed by atoms with Gasteiger partial charge in [-0.25, -0.2) is 0 Å². The van der Waals surface area contributed by atoms with E-state index in [0.29, 0.717) is 29.7 Å². The lowest BCUT2D eigenvalue weighted by atomic mass is 10.0. The highest BCUT2D eigenvalue weighted by atomic mass is 16.3. The first-order valence-electron chi connectivity index (χ1n) is 11.0. The Hall–Kier alpha value is -3.80. The third-order valence-corrected chi connectivity index (χ3v) is 5.13. The van der Waals surface area contributed by atoms with Crippen molar-refractivity contribution >= 4 is 16.8 Å². The van der Waals surface area contributed by atoms with Crippen molar-refractivity contribution in [1.29, 1.82) is 0 Å². The molecule has 180 valence electrons. The fourth-order valence-corrected chi connectivity index (χ4v) is 3.24. The van der Waals surface area contributed by atoms with Gasteiger partial charge in [0.1, 0.15) is 34.0 Å². The fourth-order valence-electron chi connectivity index (χ4n) is 3.24. The molecule has 0 unspecified atom stereocenters. The van der Waals surface area contributed by atoms with Crippen LogP contribution in [0.25, 0.3) is 11.0 Å². The summed E-state index contributed by atoms with van der Waals surface area (Å²) in [6.45, 7) is 11.0. The number of phenolic OH excluding ortho intramolecular Hbond substituents is 3. The maximum absolute atomic E-state index is 11.9. The molecule has 34 heavy (non-hydrogen) atoms. The highest BCUT2D eigenvalue weighted by Gasteiger charge is 2.16. The Balaban J connectivity index is 0.000000248. The number of carbonyl (C=O) groups is 1. The Bertz CT molecular complexity index is 1320. The molecule has 0 aliphatic rings. The second-order valence-electron chi connectivity index (χ2n) is 8.69. The summed E-state index contributed by atoms with van der Waals surface area (Å²) in [7, 11) is 0. The topological polar surface area (TPSA) is 108 Å². The molecule has 3 rings (SSSR count). The second kappa shape index (κ2) is 11.4. The Kier molecular flexibility index (Phi) is 8.84. The first-order chi connectivity index (χ1) is 15.9. The minimum atomic E-state index is -0.310. The van der Waals surface area contributed by atoms with Crippen LogP contribution in [0.4, 0.5) is 0 Å². The number of hydrogen-bond acceptors (Lipinski definition) is 6. The van der Waals surface area contributed by atoms with E-state index in [4.69, 9.17) is 4.42 Å². The van der Waals surface area contributed by atoms with Crippen molar-refractivity contribution in [2.24, 2.45) is 0 Å². The van der Waals surface area contributed by atoms with Gasteiger partial charge in [0.2, 0.25) is 0 Å². The Labute approximate surface area is 199 Å². The zero-order chi connectivity index (χ0) is 25.6. The van der Waals surface area contributed by atoms with Crippen LogP contribution in [0.5, 0.6) is 17.2 Å². The van der Waals surface area contributed by atoms with Gasteiger partial charge in [0.05, 0.1) is 0 Å². The van der Waals surface area contributed by atoms with Crippen molar-refractivity contribution < 1.29 is 24.5 Å². The lowest BCUT2D eigenvalue weighted by molar-refractivity contribution is 0.101. The van der Waals surface area contributed by atoms with Gasteiger partial charge in [-0.15, -0.1) is 0 Å². The van der Waals surface area contributed by atoms with Gasteiger partial charge in [0, 0.05) is 23.3 Å². The van der Waals surface area contributed by atoms with E-state index in [9.17, 15) is 24.9 Å². The van der Waals surface area contributed by atoms with Gasteiger partial charge in [0.15, 0.2) is 11.2 Å². The van der Waals surface area contributed by atoms with Crippen molar-refractivity contribution in [2.75, 3.05) is 0 Å². The molecule has 0 atom stereocenters. The fraction of sp³-hybridized carbons (Fsp3) is 0.286. The third-order valence-electron chi connectivity index (χ3n) is 5.13. The summed E-state index contributed by atoms with van der Waals surface area (Å²) < 4.78 is 5.35. The van der Waals surface area contributed by atoms with E-state index < -0.39 is 0 Å². The van der Waals surface area contributed by atoms with Crippen molar-refractivity contribution in [2.45, 2.75) is 54.4 Å². The molecular weight excluding hydrogens is 432 g/mol. The molecule has 2 aromatic carbocycles. The Morgan fingerprint density at radius 1 is 0.882 bits per heavy atom. The number of aromatic hydroxyl groups is 3. The summed E-state index contributed by atoms with van der Waals surface area (Å²) in [6.07, 6.45) is 4.92. The van der Waals surface area contributed by atoms with Crippen LogP contribution in [0.15, 0.2) is 62.8 Å². The van der Waals surface area contributed by atoms with E-state index in [0.717, 1.165) is 11.1 Å². The largest absolute Gasteiger partial charge is 0.508 e. The number of carbonyl (C=O) groups excluding carboxylic acids is 1. The van der Waals surface area contributed by atoms with Crippen LogP contribution in [0.1, 0.15) is 61.9 Å². The summed E-state index contributed by atoms with van der Waals surface area (Å²) in [5.41, 5.74) is 3.92. The molecule has 0 aliphatic heterocycles. The number of phenols is 3. The lowest BCUT2D eigenvalue weighted by Crippen LogP contribution is -2.02. The highest BCUT2D eigenvalue weighted by Crippen LogP contribution is 2.34. The van der Waals surface area contributed by atoms with Gasteiger partial charge in [-0.1, -0.05) is 23.3 Å². The molecule has 3 N–H and O–H groups in total. The van der Waals surface area contributed by atoms with Gasteiger partial charge in [0.25, 0.3) is 0 Å². The van der Waals surface area contributed by atoms with Gasteiger partial charge in [-0.05, 0) is 78.1 Å². The number of rotatable bonds is 5. The van der Waals surface area contributed by atoms with Gasteiger partial charge >= 0.3 is 0 Å². The van der Waals surface area contributed by atoms with E-state index in [2.05, 4.69) is 0 Å². The van der Waals surface area contributed by atoms with Crippen LogP contribution in [0.2, 0.25) is 0 Å². The summed E-state index contributed by atoms with van der Waals surface area (Å²) >= 11 is 0. The number of ketones is 1. The zero-order valence-electron chi connectivity index (χ0n) is 20.5. The first kappa shape index (κ1) is 26.5. The van der Waals surface area contributed by atoms with E-state index in [1.807, 2.05) is 39.8 Å². The normalized spacial score (nSPS) is 10.3. The van der Waals surface area contributed by atoms with Crippen LogP contribution in [0.3, 0.4) is 0 Å². The number of aryl methyl sites for hydroxylation is 1. The predicted octanol–water partition coefficient (Wildman–Crippen LogP) is 6.12. The zero-order valence-corrected chi connectivity index (χ0v) is 20.5. The molecule has 0 saturated carbocycles. The third kappa shape index (κ3) is 6.85. The highest BCUT2D eigenvalue weighted by molar-refractivity contribution is 5.94. The lowest BCUT2D eigenvalue weighted by Gasteiger charge is -2.08. The van der Waals surface area contributed by atoms with Crippen LogP contribution >= 0.6 is 0 Å². The Morgan fingerprint density at radius 3 is 2.09 bits per heavy atom. The quantitative estimate of drug-likeness (QED) is 0.310. The summed E-state index contributed by atoms with van der Waals surface area (Å²) in [5.74, 6) is 0.428. The molecule has 0 saturated heterocycles. The van der Waals surface area contributed by atoms with Gasteiger partial charge in [-0.2, -0.15) is 0 Å². The smallest absolute Gasteiger partial charge is 0.196 e. The van der Waals surface area contributed by atoms with Crippen molar-refractivity contribution in [3.8, 4) is 17.2 Å². The van der Waals surface area contributed by atoms with E-state index in [-0.39, 0.29) is 39.4 Å². The molecule has 1 aromatic heterocycles. The number of benzene rings is 2. The molecule has 0 bridgehead atoms. The minimum absolute atomic E-state index is 0.0217. The molecule has 1 heterocycles. The van der Waals surface area contributed by atoms with E-state index >= 15 is 0 Å². The predicted molar refractivity (Wildman–Crippen MR) is 135 cm³/mol. The molecule has 0 amide bonds. The first-order valence-corrected chi connectivity index (χ1v) is 11.0. The molecule has 0 spiro atoms. The maximum atomic E-state index is 11.9. The standard InChI is InChI=1S/C15H16O4.C13H16O2/c1-8(2)4-5-10-11(16)7-13-14(15(10)18)12(17)6-9(3)19-13;1-9(2)4-5-12-8-11(10(3)14)6-7-13(12)15/h4,6-7,16,18H,5H2,1-3H3;4,6-8,15H,5H2,1-3H3. The van der Waals surface area contributed by atoms with Gasteiger partial charge < -0.3 is 19.7 Å². The van der Waals surface area contributed by atoms with Crippen molar-refractivity contribution in [1.82, 2.24) is 0 Å². The summed E-state index contributed by atoms with van der Waals surface area (Å²) in [6, 6.07) is 7.66. The summed E-state index contributed by atoms with van der Waals surface area (Å²) in [5, 5.41) is 29.8. The Morgan fingerprint density at radius 2 is 1.50 bits per heavy atom. The van der Waals surface area contributed by atoms with Crippen molar-refractivity contribution in [3.63, 3.8) is 0 Å². The van der Waals surface area contributed by atoms with Crippen molar-refractivity contribution in [3.05, 3.63) is 86.3 Å². The molecule has 6 heteroatoms. The average Bonchev–Trinajstić information content (AvgIpc) is 2.72. The number of allylic oxidation sites excluding steroid dienone is 4. The molecular formula is C28H32O6. The van der Waals surface area contributed by atoms with Gasteiger partial charge in [-0.3, -0.25) is 9.59 Å². The van der Waals surface area contributed by atoms with Crippen LogP contribution < -0.4 is 5.43 Å². The second-order valence-corrected chi connectivity index (χ2v) is 8.69. The van der Waals surface area contributed by atoms with Crippen LogP contribution in [-0.4, -0.2) is 21.1 Å². The molecule has 6 nitrogen and oxygen atoms in total. The van der Waals surface area contributed by atoms with E-state index in [1.165, 1.54) is 24.6 Å². The molecule has 3 aromatic rings. The average molecular weight is 465 g/mol. The molecule has 0 radical (unpaired) electrons. The molecule has 0 aliphatic carbocycles. The number of hydrogen-bond donors (Lipinski definition) is 3. The minimum Gasteiger partial charge on any atom is -0.508 e. The molecule has 0 fully saturated rings. The van der Waals surface area contributed by atoms with Crippen LogP contribution in [0, 0.1) is 6.92 Å². The number of fused-ring (bicyclic) bond motifs is 1. The number of Topliss-reactive ketones (excluding diaryl/α,β-unsaturated/α-hetero) is 1. The monoisotopic (exact) mass is 464 g/mol. The summed E-state index contributed by atoms with van der Waals surface area (Å²) in [4.78, 5) is 23.1. The SMILES string of the molecule is CC(=O)c1ccc(O)c(CC=C(C)C)c1.CC(C)=CCc1c(O)cc2oc(C)cc(=O)c2c1O. The van der Waals surface area contributed by atoms with Crippen LogP contribution in [-0.2, 0) is 12.8 Å².